The highest BCUT2D eigenvalue weighted by Gasteiger charge is 2.34. The van der Waals surface area contributed by atoms with Crippen molar-refractivity contribution < 1.29 is 27.3 Å². The van der Waals surface area contributed by atoms with Crippen LogP contribution in [0.25, 0.3) is 0 Å². The molecule has 22 heavy (non-hydrogen) atoms. The van der Waals surface area contributed by atoms with Crippen LogP contribution in [0.2, 0.25) is 0 Å². The standard InChI is InChI=1S/C14H17NO6S/c16-13-11-5-1-2-6-12(11)14(17)15(13)7-3-8-21-9-4-10-22(18,19)20/h1-2,5-6H,3-4,7-10H2,(H,18,19,20). The molecule has 0 saturated carbocycles. The number of hydrogen-bond donors (Lipinski definition) is 1. The zero-order valence-electron chi connectivity index (χ0n) is 11.9. The largest absolute Gasteiger partial charge is 0.381 e. The molecule has 0 bridgehead atoms. The van der Waals surface area contributed by atoms with Crippen LogP contribution in [0.1, 0.15) is 33.6 Å². The number of amides is 2. The van der Waals surface area contributed by atoms with Crippen molar-refractivity contribution in [1.29, 1.82) is 0 Å². The highest BCUT2D eigenvalue weighted by atomic mass is 32.2. The summed E-state index contributed by atoms with van der Waals surface area (Å²) in [5.41, 5.74) is 0.836. The van der Waals surface area contributed by atoms with Gasteiger partial charge in [0.2, 0.25) is 0 Å². The highest BCUT2D eigenvalue weighted by Crippen LogP contribution is 2.22. The lowest BCUT2D eigenvalue weighted by molar-refractivity contribution is 0.0626. The molecule has 0 aromatic heterocycles. The van der Waals surface area contributed by atoms with Crippen LogP contribution in [0, 0.1) is 0 Å². The van der Waals surface area contributed by atoms with Gasteiger partial charge in [0, 0.05) is 19.8 Å². The number of fused-ring (bicyclic) bond motifs is 1. The Morgan fingerprint density at radius 3 is 2.09 bits per heavy atom. The SMILES string of the molecule is O=C1c2ccccc2C(=O)N1CCCOCCCS(=O)(=O)O. The van der Waals surface area contributed by atoms with Crippen molar-refractivity contribution >= 4 is 21.9 Å². The number of rotatable bonds is 8. The summed E-state index contributed by atoms with van der Waals surface area (Å²) in [7, 11) is -3.95. The average molecular weight is 327 g/mol. The van der Waals surface area contributed by atoms with Gasteiger partial charge in [0.25, 0.3) is 21.9 Å². The quantitative estimate of drug-likeness (QED) is 0.434. The van der Waals surface area contributed by atoms with E-state index in [2.05, 4.69) is 0 Å². The van der Waals surface area contributed by atoms with Crippen LogP contribution < -0.4 is 0 Å². The van der Waals surface area contributed by atoms with E-state index in [1.807, 2.05) is 0 Å². The van der Waals surface area contributed by atoms with E-state index < -0.39 is 10.1 Å². The molecule has 0 fully saturated rings. The van der Waals surface area contributed by atoms with Crippen molar-refractivity contribution in [3.8, 4) is 0 Å². The van der Waals surface area contributed by atoms with Crippen LogP contribution in [0.3, 0.4) is 0 Å². The molecule has 0 saturated heterocycles. The number of imide groups is 1. The van der Waals surface area contributed by atoms with E-state index in [-0.39, 0.29) is 37.1 Å². The summed E-state index contributed by atoms with van der Waals surface area (Å²) in [5.74, 6) is -0.940. The van der Waals surface area contributed by atoms with E-state index in [9.17, 15) is 18.0 Å². The molecule has 1 aliphatic rings. The molecule has 0 atom stereocenters. The molecule has 1 N–H and O–H groups in total. The van der Waals surface area contributed by atoms with Crippen LogP contribution in [-0.4, -0.2) is 55.2 Å². The van der Waals surface area contributed by atoms with E-state index in [1.54, 1.807) is 24.3 Å². The minimum absolute atomic E-state index is 0.196. The molecule has 0 spiro atoms. The fourth-order valence-corrected chi connectivity index (χ4v) is 2.70. The molecule has 1 heterocycles. The Balaban J connectivity index is 1.71. The summed E-state index contributed by atoms with van der Waals surface area (Å²) in [4.78, 5) is 25.3. The van der Waals surface area contributed by atoms with E-state index >= 15 is 0 Å². The first-order valence-electron chi connectivity index (χ1n) is 6.88. The van der Waals surface area contributed by atoms with Crippen LogP contribution in [0.5, 0.6) is 0 Å². The van der Waals surface area contributed by atoms with Gasteiger partial charge in [-0.05, 0) is 25.0 Å². The Morgan fingerprint density at radius 1 is 1.00 bits per heavy atom. The van der Waals surface area contributed by atoms with Crippen molar-refractivity contribution in [3.63, 3.8) is 0 Å². The van der Waals surface area contributed by atoms with E-state index in [0.717, 1.165) is 0 Å². The van der Waals surface area contributed by atoms with Crippen molar-refractivity contribution in [2.75, 3.05) is 25.5 Å². The second-order valence-electron chi connectivity index (χ2n) is 4.91. The summed E-state index contributed by atoms with van der Waals surface area (Å²) in [6, 6.07) is 6.68. The van der Waals surface area contributed by atoms with Crippen LogP contribution >= 0.6 is 0 Å². The van der Waals surface area contributed by atoms with Crippen molar-refractivity contribution in [3.05, 3.63) is 35.4 Å². The molecule has 8 heteroatoms. The van der Waals surface area contributed by atoms with Crippen LogP contribution in [-0.2, 0) is 14.9 Å². The first-order valence-corrected chi connectivity index (χ1v) is 8.49. The second-order valence-corrected chi connectivity index (χ2v) is 6.49. The highest BCUT2D eigenvalue weighted by molar-refractivity contribution is 7.85. The van der Waals surface area contributed by atoms with Gasteiger partial charge < -0.3 is 4.74 Å². The number of carbonyl (C=O) groups is 2. The molecule has 0 unspecified atom stereocenters. The third-order valence-corrected chi connectivity index (χ3v) is 4.04. The van der Waals surface area contributed by atoms with E-state index in [0.29, 0.717) is 24.2 Å². The third kappa shape index (κ3) is 4.12. The van der Waals surface area contributed by atoms with E-state index in [1.165, 1.54) is 4.90 Å². The fourth-order valence-electron chi connectivity index (χ4n) is 2.21. The lowest BCUT2D eigenvalue weighted by atomic mass is 10.1. The molecular weight excluding hydrogens is 310 g/mol. The minimum atomic E-state index is -3.95. The molecule has 1 aromatic carbocycles. The summed E-state index contributed by atoms with van der Waals surface area (Å²) >= 11 is 0. The number of carbonyl (C=O) groups excluding carboxylic acids is 2. The van der Waals surface area contributed by atoms with Gasteiger partial charge >= 0.3 is 0 Å². The normalized spacial score (nSPS) is 14.5. The van der Waals surface area contributed by atoms with Gasteiger partial charge in [-0.15, -0.1) is 0 Å². The van der Waals surface area contributed by atoms with Gasteiger partial charge in [-0.25, -0.2) is 0 Å². The monoisotopic (exact) mass is 327 g/mol. The van der Waals surface area contributed by atoms with Crippen molar-refractivity contribution in [1.82, 2.24) is 4.90 Å². The lowest BCUT2D eigenvalue weighted by Gasteiger charge is -2.13. The molecule has 1 aliphatic heterocycles. The van der Waals surface area contributed by atoms with Gasteiger partial charge in [0.1, 0.15) is 0 Å². The molecule has 120 valence electrons. The zero-order chi connectivity index (χ0) is 16.2. The predicted molar refractivity (Wildman–Crippen MR) is 78.3 cm³/mol. The summed E-state index contributed by atoms with van der Waals surface area (Å²) < 4.78 is 34.7. The van der Waals surface area contributed by atoms with Crippen LogP contribution in [0.4, 0.5) is 0 Å². The van der Waals surface area contributed by atoms with Crippen LogP contribution in [0.15, 0.2) is 24.3 Å². The zero-order valence-corrected chi connectivity index (χ0v) is 12.7. The molecular formula is C14H17NO6S. The molecule has 2 amide bonds. The van der Waals surface area contributed by atoms with Gasteiger partial charge in [-0.1, -0.05) is 12.1 Å². The van der Waals surface area contributed by atoms with Gasteiger partial charge in [-0.2, -0.15) is 8.42 Å². The number of ether oxygens (including phenoxy) is 1. The van der Waals surface area contributed by atoms with Gasteiger partial charge in [-0.3, -0.25) is 19.0 Å². The maximum Gasteiger partial charge on any atom is 0.264 e. The number of hydrogen-bond acceptors (Lipinski definition) is 5. The summed E-state index contributed by atoms with van der Waals surface area (Å²) in [5, 5.41) is 0. The smallest absolute Gasteiger partial charge is 0.264 e. The Morgan fingerprint density at radius 2 is 1.55 bits per heavy atom. The van der Waals surface area contributed by atoms with Crippen molar-refractivity contribution in [2.24, 2.45) is 0 Å². The fraction of sp³-hybridized carbons (Fsp3) is 0.429. The first-order chi connectivity index (χ1) is 10.4. The van der Waals surface area contributed by atoms with Gasteiger partial charge in [0.15, 0.2) is 0 Å². The summed E-state index contributed by atoms with van der Waals surface area (Å²) in [6.45, 7) is 0.755. The van der Waals surface area contributed by atoms with Gasteiger partial charge in [0.05, 0.1) is 16.9 Å². The Hall–Kier alpha value is -1.77. The average Bonchev–Trinajstić information content (AvgIpc) is 2.70. The topological polar surface area (TPSA) is 101 Å². The number of benzene rings is 1. The maximum absolute atomic E-state index is 12.1. The minimum Gasteiger partial charge on any atom is -0.381 e. The molecule has 1 aromatic rings. The molecule has 0 radical (unpaired) electrons. The Bertz CT molecular complexity index is 635. The maximum atomic E-state index is 12.1. The Kier molecular flexibility index (Phi) is 5.28. The second kappa shape index (κ2) is 6.99. The third-order valence-electron chi connectivity index (χ3n) is 3.24. The molecule has 7 nitrogen and oxygen atoms in total. The first kappa shape index (κ1) is 16.6. The predicted octanol–water partition coefficient (Wildman–Crippen LogP) is 0.967. The van der Waals surface area contributed by atoms with E-state index in [4.69, 9.17) is 9.29 Å². The molecule has 2 rings (SSSR count). The van der Waals surface area contributed by atoms with Crippen molar-refractivity contribution in [2.45, 2.75) is 12.8 Å². The molecule has 0 aliphatic carbocycles. The lowest BCUT2D eigenvalue weighted by Crippen LogP contribution is -2.31. The Labute approximate surface area is 128 Å². The number of nitrogens with zero attached hydrogens (tertiary/aromatic N) is 1. The summed E-state index contributed by atoms with van der Waals surface area (Å²) in [6.07, 6.45) is 0.670.